The summed E-state index contributed by atoms with van der Waals surface area (Å²) in [7, 11) is 0. The van der Waals surface area contributed by atoms with Crippen molar-refractivity contribution in [1.82, 2.24) is 14.6 Å². The summed E-state index contributed by atoms with van der Waals surface area (Å²) in [6.45, 7) is 4.50. The third-order valence-corrected chi connectivity index (χ3v) is 2.81. The molecule has 1 aromatic carbocycles. The van der Waals surface area contributed by atoms with E-state index in [4.69, 9.17) is 4.74 Å². The van der Waals surface area contributed by atoms with E-state index >= 15 is 0 Å². The number of fused-ring (bicyclic) bond motifs is 3. The van der Waals surface area contributed by atoms with Gasteiger partial charge in [-0.15, -0.1) is 5.10 Å². The summed E-state index contributed by atoms with van der Waals surface area (Å²) in [6.07, 6.45) is 1.85. The van der Waals surface area contributed by atoms with E-state index in [1.54, 1.807) is 0 Å². The fourth-order valence-electron chi connectivity index (χ4n) is 2.03. The van der Waals surface area contributed by atoms with Crippen LogP contribution < -0.4 is 4.74 Å². The van der Waals surface area contributed by atoms with E-state index in [0.29, 0.717) is 12.5 Å². The average molecular weight is 227 g/mol. The Morgan fingerprint density at radius 1 is 1.24 bits per heavy atom. The average Bonchev–Trinajstić information content (AvgIpc) is 2.72. The van der Waals surface area contributed by atoms with Crippen molar-refractivity contribution in [2.24, 2.45) is 0 Å². The lowest BCUT2D eigenvalue weighted by Crippen LogP contribution is -2.01. The van der Waals surface area contributed by atoms with Crippen molar-refractivity contribution in [1.29, 1.82) is 0 Å². The molecule has 3 aromatic rings. The molecule has 0 bridgehead atoms. The van der Waals surface area contributed by atoms with E-state index in [2.05, 4.69) is 16.1 Å². The van der Waals surface area contributed by atoms with Crippen molar-refractivity contribution in [2.75, 3.05) is 6.61 Å². The Bertz CT molecular complexity index is 688. The SMILES string of the molecule is CCOc1nn2c(C)ncc2c2ccccc12. The predicted molar refractivity (Wildman–Crippen MR) is 66.4 cm³/mol. The normalized spacial score (nSPS) is 11.2. The van der Waals surface area contributed by atoms with Gasteiger partial charge in [0.05, 0.1) is 18.3 Å². The van der Waals surface area contributed by atoms with Crippen molar-refractivity contribution in [2.45, 2.75) is 13.8 Å². The molecule has 2 aromatic heterocycles. The maximum absolute atomic E-state index is 5.59. The Balaban J connectivity index is 2.47. The fourth-order valence-corrected chi connectivity index (χ4v) is 2.03. The van der Waals surface area contributed by atoms with Crippen LogP contribution in [0.15, 0.2) is 30.5 Å². The van der Waals surface area contributed by atoms with Crippen LogP contribution in [-0.2, 0) is 0 Å². The lowest BCUT2D eigenvalue weighted by Gasteiger charge is -2.08. The summed E-state index contributed by atoms with van der Waals surface area (Å²) in [5.41, 5.74) is 1.02. The Morgan fingerprint density at radius 2 is 2.00 bits per heavy atom. The standard InChI is InChI=1S/C13H13N3O/c1-3-17-13-11-7-5-4-6-10(11)12-8-14-9(2)16(12)15-13/h4-8H,3H2,1-2H3. The third-order valence-electron chi connectivity index (χ3n) is 2.81. The van der Waals surface area contributed by atoms with Crippen LogP contribution in [0, 0.1) is 6.92 Å². The largest absolute Gasteiger partial charge is 0.476 e. The van der Waals surface area contributed by atoms with E-state index in [9.17, 15) is 0 Å². The van der Waals surface area contributed by atoms with Gasteiger partial charge in [-0.05, 0) is 19.9 Å². The molecule has 0 N–H and O–H groups in total. The second-order valence-electron chi connectivity index (χ2n) is 3.89. The lowest BCUT2D eigenvalue weighted by atomic mass is 10.1. The smallest absolute Gasteiger partial charge is 0.239 e. The zero-order valence-electron chi connectivity index (χ0n) is 9.84. The molecule has 0 amide bonds. The first kappa shape index (κ1) is 10.1. The molecule has 2 heterocycles. The van der Waals surface area contributed by atoms with Crippen LogP contribution in [-0.4, -0.2) is 21.2 Å². The van der Waals surface area contributed by atoms with Crippen LogP contribution in [0.4, 0.5) is 0 Å². The first-order valence-electron chi connectivity index (χ1n) is 5.67. The monoisotopic (exact) mass is 227 g/mol. The first-order valence-corrected chi connectivity index (χ1v) is 5.67. The number of ether oxygens (including phenoxy) is 1. The van der Waals surface area contributed by atoms with Gasteiger partial charge in [0.25, 0.3) is 0 Å². The molecule has 0 aliphatic rings. The van der Waals surface area contributed by atoms with Crippen LogP contribution in [0.5, 0.6) is 5.88 Å². The number of aryl methyl sites for hydroxylation is 1. The van der Waals surface area contributed by atoms with E-state index in [1.807, 2.05) is 42.8 Å². The maximum atomic E-state index is 5.59. The molecule has 3 rings (SSSR count). The van der Waals surface area contributed by atoms with Crippen molar-refractivity contribution in [3.8, 4) is 5.88 Å². The molecule has 0 spiro atoms. The van der Waals surface area contributed by atoms with Crippen molar-refractivity contribution >= 4 is 16.3 Å². The lowest BCUT2D eigenvalue weighted by molar-refractivity contribution is 0.326. The second-order valence-corrected chi connectivity index (χ2v) is 3.89. The van der Waals surface area contributed by atoms with E-state index in [0.717, 1.165) is 22.1 Å². The molecule has 0 saturated carbocycles. The number of hydrogen-bond donors (Lipinski definition) is 0. The van der Waals surface area contributed by atoms with Crippen molar-refractivity contribution < 1.29 is 4.74 Å². The number of imidazole rings is 1. The topological polar surface area (TPSA) is 39.4 Å². The molecule has 17 heavy (non-hydrogen) atoms. The minimum absolute atomic E-state index is 0.607. The number of hydrogen-bond acceptors (Lipinski definition) is 3. The summed E-state index contributed by atoms with van der Waals surface area (Å²) in [5.74, 6) is 1.53. The molecule has 0 aliphatic carbocycles. The Kier molecular flexibility index (Phi) is 2.21. The van der Waals surface area contributed by atoms with E-state index in [1.165, 1.54) is 0 Å². The molecule has 0 aliphatic heterocycles. The van der Waals surface area contributed by atoms with Crippen LogP contribution in [0.2, 0.25) is 0 Å². The van der Waals surface area contributed by atoms with Gasteiger partial charge in [0.15, 0.2) is 0 Å². The van der Waals surface area contributed by atoms with E-state index in [-0.39, 0.29) is 0 Å². The zero-order valence-corrected chi connectivity index (χ0v) is 9.84. The van der Waals surface area contributed by atoms with Gasteiger partial charge in [0, 0.05) is 10.8 Å². The van der Waals surface area contributed by atoms with Crippen LogP contribution in [0.3, 0.4) is 0 Å². The fraction of sp³-hybridized carbons (Fsp3) is 0.231. The van der Waals surface area contributed by atoms with Gasteiger partial charge in [-0.3, -0.25) is 0 Å². The molecule has 0 atom stereocenters. The number of nitrogens with zero attached hydrogens (tertiary/aromatic N) is 3. The molecule has 0 fully saturated rings. The molecule has 4 heteroatoms. The maximum Gasteiger partial charge on any atom is 0.239 e. The Morgan fingerprint density at radius 3 is 2.76 bits per heavy atom. The second kappa shape index (κ2) is 3.73. The number of aromatic nitrogens is 3. The number of rotatable bonds is 2. The molecule has 86 valence electrons. The van der Waals surface area contributed by atoms with Gasteiger partial charge < -0.3 is 4.74 Å². The molecule has 0 radical (unpaired) electrons. The van der Waals surface area contributed by atoms with Crippen LogP contribution >= 0.6 is 0 Å². The molecular formula is C13H13N3O. The quantitative estimate of drug-likeness (QED) is 0.675. The minimum Gasteiger partial charge on any atom is -0.476 e. The highest BCUT2D eigenvalue weighted by atomic mass is 16.5. The van der Waals surface area contributed by atoms with Gasteiger partial charge >= 0.3 is 0 Å². The van der Waals surface area contributed by atoms with Crippen LogP contribution in [0.1, 0.15) is 12.7 Å². The summed E-state index contributed by atoms with van der Waals surface area (Å²) >= 11 is 0. The molecule has 4 nitrogen and oxygen atoms in total. The molecular weight excluding hydrogens is 214 g/mol. The van der Waals surface area contributed by atoms with Gasteiger partial charge in [0.2, 0.25) is 5.88 Å². The van der Waals surface area contributed by atoms with Gasteiger partial charge in [0.1, 0.15) is 5.82 Å². The van der Waals surface area contributed by atoms with Gasteiger partial charge in [-0.1, -0.05) is 18.2 Å². The van der Waals surface area contributed by atoms with Crippen molar-refractivity contribution in [3.63, 3.8) is 0 Å². The predicted octanol–water partition coefficient (Wildman–Crippen LogP) is 2.59. The Hall–Kier alpha value is -2.10. The summed E-state index contributed by atoms with van der Waals surface area (Å²) in [6, 6.07) is 8.10. The van der Waals surface area contributed by atoms with Gasteiger partial charge in [-0.25, -0.2) is 9.50 Å². The zero-order chi connectivity index (χ0) is 11.8. The summed E-state index contributed by atoms with van der Waals surface area (Å²) < 4.78 is 7.42. The van der Waals surface area contributed by atoms with E-state index < -0.39 is 0 Å². The van der Waals surface area contributed by atoms with Gasteiger partial charge in [-0.2, -0.15) is 0 Å². The third kappa shape index (κ3) is 1.45. The Labute approximate surface area is 98.8 Å². The summed E-state index contributed by atoms with van der Waals surface area (Å²) in [5, 5.41) is 6.63. The molecule has 0 unspecified atom stereocenters. The number of benzene rings is 1. The van der Waals surface area contributed by atoms with Crippen LogP contribution in [0.25, 0.3) is 16.3 Å². The highest BCUT2D eigenvalue weighted by Crippen LogP contribution is 2.27. The summed E-state index contributed by atoms with van der Waals surface area (Å²) in [4.78, 5) is 4.29. The minimum atomic E-state index is 0.607. The van der Waals surface area contributed by atoms with Crippen molar-refractivity contribution in [3.05, 3.63) is 36.3 Å². The first-order chi connectivity index (χ1) is 8.31. The highest BCUT2D eigenvalue weighted by Gasteiger charge is 2.10. The highest BCUT2D eigenvalue weighted by molar-refractivity contribution is 5.98. The molecule has 0 saturated heterocycles.